The Bertz CT molecular complexity index is 493. The van der Waals surface area contributed by atoms with Crippen molar-refractivity contribution in [2.45, 2.75) is 25.2 Å². The molecule has 0 aliphatic carbocycles. The Morgan fingerprint density at radius 1 is 1.19 bits per heavy atom. The summed E-state index contributed by atoms with van der Waals surface area (Å²) in [7, 11) is 0. The van der Waals surface area contributed by atoms with Crippen LogP contribution < -0.4 is 4.90 Å². The molecular formula is C13H13F4NO3. The number of rotatable bonds is 7. The van der Waals surface area contributed by atoms with Crippen molar-refractivity contribution in [3.05, 3.63) is 30.3 Å². The number of hydrogen-bond donors (Lipinski definition) is 1. The number of carboxylic acid groups (broad SMARTS) is 1. The van der Waals surface area contributed by atoms with Crippen molar-refractivity contribution in [2.75, 3.05) is 11.4 Å². The molecule has 1 rings (SSSR count). The molecule has 1 aromatic rings. The van der Waals surface area contributed by atoms with E-state index in [0.717, 1.165) is 0 Å². The second kappa shape index (κ2) is 7.05. The fourth-order valence-corrected chi connectivity index (χ4v) is 1.62. The Kier molecular flexibility index (Phi) is 5.69. The Labute approximate surface area is 118 Å². The summed E-state index contributed by atoms with van der Waals surface area (Å²) in [5.74, 6) is -8.04. The van der Waals surface area contributed by atoms with Crippen molar-refractivity contribution < 1.29 is 32.3 Å². The maximum atomic E-state index is 13.2. The molecule has 0 spiro atoms. The lowest BCUT2D eigenvalue weighted by atomic mass is 10.2. The van der Waals surface area contributed by atoms with E-state index in [1.54, 1.807) is 6.07 Å². The number of alkyl halides is 4. The third-order valence-corrected chi connectivity index (χ3v) is 2.64. The molecule has 0 bridgehead atoms. The molecular weight excluding hydrogens is 294 g/mol. The van der Waals surface area contributed by atoms with Crippen LogP contribution in [0.15, 0.2) is 30.3 Å². The number of halogens is 4. The Morgan fingerprint density at radius 3 is 2.24 bits per heavy atom. The van der Waals surface area contributed by atoms with Crippen molar-refractivity contribution in [2.24, 2.45) is 0 Å². The van der Waals surface area contributed by atoms with E-state index in [9.17, 15) is 27.2 Å². The largest absolute Gasteiger partial charge is 0.481 e. The van der Waals surface area contributed by atoms with Gasteiger partial charge in [0.1, 0.15) is 0 Å². The van der Waals surface area contributed by atoms with Gasteiger partial charge in [-0.3, -0.25) is 9.59 Å². The second-order valence-electron chi connectivity index (χ2n) is 4.21. The smallest absolute Gasteiger partial charge is 0.384 e. The first-order valence-corrected chi connectivity index (χ1v) is 6.01. The van der Waals surface area contributed by atoms with E-state index in [4.69, 9.17) is 5.11 Å². The lowest BCUT2D eigenvalue weighted by molar-refractivity contribution is -0.166. The monoisotopic (exact) mass is 307 g/mol. The van der Waals surface area contributed by atoms with E-state index >= 15 is 0 Å². The molecule has 4 nitrogen and oxygen atoms in total. The summed E-state index contributed by atoms with van der Waals surface area (Å²) in [6, 6.07) is 7.08. The normalized spacial score (nSPS) is 11.5. The summed E-state index contributed by atoms with van der Waals surface area (Å²) in [6.45, 7) is -0.391. The highest BCUT2D eigenvalue weighted by atomic mass is 19.3. The van der Waals surface area contributed by atoms with Gasteiger partial charge in [0.25, 0.3) is 0 Å². The lowest BCUT2D eigenvalue weighted by Gasteiger charge is -2.26. The van der Waals surface area contributed by atoms with Crippen LogP contribution in [0, 0.1) is 0 Å². The van der Waals surface area contributed by atoms with Gasteiger partial charge >= 0.3 is 24.2 Å². The molecule has 0 unspecified atom stereocenters. The zero-order valence-electron chi connectivity index (χ0n) is 10.8. The molecule has 1 N–H and O–H groups in total. The zero-order chi connectivity index (χ0) is 16.0. The minimum atomic E-state index is -4.82. The highest BCUT2D eigenvalue weighted by molar-refractivity contribution is 5.98. The minimum absolute atomic E-state index is 0.00761. The zero-order valence-corrected chi connectivity index (χ0v) is 10.8. The van der Waals surface area contributed by atoms with Crippen LogP contribution in [0.3, 0.4) is 0 Å². The highest BCUT2D eigenvalue weighted by Gasteiger charge is 2.51. The molecule has 0 aromatic heterocycles. The van der Waals surface area contributed by atoms with E-state index in [2.05, 4.69) is 0 Å². The quantitative estimate of drug-likeness (QED) is 0.788. The summed E-state index contributed by atoms with van der Waals surface area (Å²) >= 11 is 0. The van der Waals surface area contributed by atoms with Crippen LogP contribution in [0.2, 0.25) is 0 Å². The number of anilines is 1. The lowest BCUT2D eigenvalue weighted by Crippen LogP contribution is -2.48. The van der Waals surface area contributed by atoms with Gasteiger partial charge in [0.15, 0.2) is 0 Å². The van der Waals surface area contributed by atoms with Crippen LogP contribution >= 0.6 is 0 Å². The van der Waals surface area contributed by atoms with Gasteiger partial charge in [0, 0.05) is 18.7 Å². The average molecular weight is 307 g/mol. The van der Waals surface area contributed by atoms with Crippen molar-refractivity contribution >= 4 is 17.6 Å². The first kappa shape index (κ1) is 16.9. The van der Waals surface area contributed by atoms with Crippen molar-refractivity contribution in [1.29, 1.82) is 0 Å². The number of hydrogen-bond acceptors (Lipinski definition) is 2. The topological polar surface area (TPSA) is 57.6 Å². The number of benzene rings is 1. The van der Waals surface area contributed by atoms with Crippen LogP contribution in [0.25, 0.3) is 0 Å². The van der Waals surface area contributed by atoms with Gasteiger partial charge in [-0.2, -0.15) is 8.78 Å². The average Bonchev–Trinajstić information content (AvgIpc) is 2.43. The fourth-order valence-electron chi connectivity index (χ4n) is 1.62. The predicted octanol–water partition coefficient (Wildman–Crippen LogP) is 2.78. The van der Waals surface area contributed by atoms with Gasteiger partial charge in [0.2, 0.25) is 0 Å². The first-order chi connectivity index (χ1) is 9.76. The molecule has 0 saturated carbocycles. The Balaban J connectivity index is 2.97. The summed E-state index contributed by atoms with van der Waals surface area (Å²) in [5.41, 5.74) is 0.00761. The molecule has 0 saturated heterocycles. The number of amides is 1. The highest BCUT2D eigenvalue weighted by Crippen LogP contribution is 2.28. The van der Waals surface area contributed by atoms with Gasteiger partial charge < -0.3 is 10.0 Å². The van der Waals surface area contributed by atoms with E-state index in [-0.39, 0.29) is 18.5 Å². The molecule has 0 atom stereocenters. The summed E-state index contributed by atoms with van der Waals surface area (Å²) in [4.78, 5) is 22.5. The van der Waals surface area contributed by atoms with Crippen LogP contribution in [-0.2, 0) is 9.59 Å². The fraction of sp³-hybridized carbons (Fsp3) is 0.385. The molecule has 0 heterocycles. The Morgan fingerprint density at radius 2 is 1.76 bits per heavy atom. The molecule has 8 heteroatoms. The molecule has 1 aromatic carbocycles. The SMILES string of the molecule is O=C(O)CCCN(C(=O)C(F)(F)C(F)F)c1ccccc1. The van der Waals surface area contributed by atoms with E-state index in [1.165, 1.54) is 24.3 Å². The Hall–Kier alpha value is -2.12. The number of carboxylic acids is 1. The second-order valence-corrected chi connectivity index (χ2v) is 4.21. The standard InChI is InChI=1S/C13H13F4NO3/c14-11(15)13(16,17)12(21)18(8-4-7-10(19)20)9-5-2-1-3-6-9/h1-3,5-6,11H,4,7-8H2,(H,19,20). The number of para-hydroxylation sites is 1. The van der Waals surface area contributed by atoms with Crippen molar-refractivity contribution in [3.63, 3.8) is 0 Å². The third-order valence-electron chi connectivity index (χ3n) is 2.64. The van der Waals surface area contributed by atoms with Crippen LogP contribution in [-0.4, -0.2) is 35.9 Å². The number of aliphatic carboxylic acids is 1. The molecule has 0 fully saturated rings. The van der Waals surface area contributed by atoms with E-state index < -0.39 is 30.8 Å². The van der Waals surface area contributed by atoms with Gasteiger partial charge in [-0.15, -0.1) is 0 Å². The molecule has 116 valence electrons. The minimum Gasteiger partial charge on any atom is -0.481 e. The number of carbonyl (C=O) groups excluding carboxylic acids is 1. The van der Waals surface area contributed by atoms with E-state index in [0.29, 0.717) is 4.90 Å². The predicted molar refractivity (Wildman–Crippen MR) is 66.6 cm³/mol. The summed E-state index contributed by atoms with van der Waals surface area (Å²) < 4.78 is 51.0. The first-order valence-electron chi connectivity index (χ1n) is 6.01. The maximum Gasteiger partial charge on any atom is 0.384 e. The van der Waals surface area contributed by atoms with Gasteiger partial charge in [-0.1, -0.05) is 18.2 Å². The van der Waals surface area contributed by atoms with Gasteiger partial charge in [-0.25, -0.2) is 8.78 Å². The van der Waals surface area contributed by atoms with Crippen molar-refractivity contribution in [3.8, 4) is 0 Å². The third kappa shape index (κ3) is 4.44. The van der Waals surface area contributed by atoms with Crippen LogP contribution in [0.1, 0.15) is 12.8 Å². The molecule has 0 aliphatic rings. The number of nitrogens with zero attached hydrogens (tertiary/aromatic N) is 1. The molecule has 21 heavy (non-hydrogen) atoms. The van der Waals surface area contributed by atoms with Crippen LogP contribution in [0.5, 0.6) is 0 Å². The van der Waals surface area contributed by atoms with Gasteiger partial charge in [0.05, 0.1) is 0 Å². The maximum absolute atomic E-state index is 13.2. The van der Waals surface area contributed by atoms with Gasteiger partial charge in [-0.05, 0) is 18.6 Å². The van der Waals surface area contributed by atoms with Crippen molar-refractivity contribution in [1.82, 2.24) is 0 Å². The summed E-state index contributed by atoms with van der Waals surface area (Å²) in [5, 5.41) is 8.51. The van der Waals surface area contributed by atoms with E-state index in [1.807, 2.05) is 0 Å². The number of carbonyl (C=O) groups is 2. The molecule has 0 radical (unpaired) electrons. The molecule has 0 aliphatic heterocycles. The summed E-state index contributed by atoms with van der Waals surface area (Å²) in [6.07, 6.45) is -4.62. The van der Waals surface area contributed by atoms with Crippen LogP contribution in [0.4, 0.5) is 23.2 Å². The molecule has 1 amide bonds.